The number of aromatic hydroxyl groups is 1. The second-order valence-corrected chi connectivity index (χ2v) is 8.44. The van der Waals surface area contributed by atoms with E-state index < -0.39 is 0 Å². The lowest BCUT2D eigenvalue weighted by atomic mass is 9.96. The molecule has 3 rings (SSSR count). The zero-order chi connectivity index (χ0) is 21.6. The van der Waals surface area contributed by atoms with Crippen LogP contribution in [-0.4, -0.2) is 5.11 Å². The molecule has 3 aromatic rings. The molecule has 0 aliphatic carbocycles. The van der Waals surface area contributed by atoms with Crippen LogP contribution in [0.4, 0.5) is 0 Å². The van der Waals surface area contributed by atoms with E-state index in [0.717, 1.165) is 11.5 Å². The van der Waals surface area contributed by atoms with Gasteiger partial charge in [0.05, 0.1) is 0 Å². The van der Waals surface area contributed by atoms with E-state index in [0.29, 0.717) is 5.75 Å². The van der Waals surface area contributed by atoms with Crippen molar-refractivity contribution < 1.29 is 5.11 Å². The van der Waals surface area contributed by atoms with Crippen molar-refractivity contribution in [2.24, 2.45) is 5.92 Å². The van der Waals surface area contributed by atoms with Crippen LogP contribution < -0.4 is 0 Å². The lowest BCUT2D eigenvalue weighted by Crippen LogP contribution is -1.86. The maximum Gasteiger partial charge on any atom is 0.115 e. The molecule has 0 aliphatic rings. The zero-order valence-electron chi connectivity index (χ0n) is 18.9. The monoisotopic (exact) mass is 386 g/mol. The fourth-order valence-corrected chi connectivity index (χ4v) is 3.06. The molecule has 1 heteroatoms. The quantitative estimate of drug-likeness (QED) is 0.448. The first kappa shape index (κ1) is 22.5. The Balaban J connectivity index is 0.000000687. The lowest BCUT2D eigenvalue weighted by molar-refractivity contribution is 0.475. The number of hydrogen-bond acceptors (Lipinski definition) is 1. The summed E-state index contributed by atoms with van der Waals surface area (Å²) < 4.78 is 0. The Morgan fingerprint density at radius 3 is 1.69 bits per heavy atom. The molecule has 0 spiro atoms. The standard InChI is InChI=1S/C24H24O.C4H10/c1-16(20-9-12-22(25)13-10-20)5-6-17(2)21-11-14-23-18(3)7-8-19(4)24(23)15-21;1-4(2)3/h5-15,25H,1-4H3;4H,1-3H3/b16-5+,17-6+;. The summed E-state index contributed by atoms with van der Waals surface area (Å²) in [5.41, 5.74) is 7.40. The molecule has 0 saturated heterocycles. The molecule has 152 valence electrons. The van der Waals surface area contributed by atoms with Gasteiger partial charge in [0, 0.05) is 0 Å². The zero-order valence-corrected chi connectivity index (χ0v) is 18.9. The van der Waals surface area contributed by atoms with Gasteiger partial charge in [-0.3, -0.25) is 0 Å². The molecule has 3 aromatic carbocycles. The van der Waals surface area contributed by atoms with E-state index in [1.165, 1.54) is 38.6 Å². The van der Waals surface area contributed by atoms with E-state index >= 15 is 0 Å². The summed E-state index contributed by atoms with van der Waals surface area (Å²) in [6.45, 7) is 15.1. The van der Waals surface area contributed by atoms with Crippen molar-refractivity contribution in [2.45, 2.75) is 48.5 Å². The van der Waals surface area contributed by atoms with Crippen molar-refractivity contribution in [1.29, 1.82) is 0 Å². The van der Waals surface area contributed by atoms with Gasteiger partial charge in [0.1, 0.15) is 5.75 Å². The first-order valence-electron chi connectivity index (χ1n) is 10.3. The SMILES string of the molecule is C/C(=C\C=C(/C)c1ccc2c(C)ccc(C)c2c1)c1ccc(O)cc1.CC(C)C. The molecular weight excluding hydrogens is 352 g/mol. The first-order chi connectivity index (χ1) is 13.7. The third kappa shape index (κ3) is 6.35. The van der Waals surface area contributed by atoms with Crippen LogP contribution >= 0.6 is 0 Å². The van der Waals surface area contributed by atoms with E-state index in [4.69, 9.17) is 0 Å². The van der Waals surface area contributed by atoms with Crippen LogP contribution in [0.25, 0.3) is 21.9 Å². The molecule has 0 fully saturated rings. The molecule has 0 atom stereocenters. The van der Waals surface area contributed by atoms with E-state index in [9.17, 15) is 5.11 Å². The van der Waals surface area contributed by atoms with Gasteiger partial charge in [0.2, 0.25) is 0 Å². The minimum atomic E-state index is 0.296. The molecule has 0 unspecified atom stereocenters. The van der Waals surface area contributed by atoms with E-state index in [2.05, 4.69) is 91.0 Å². The predicted octanol–water partition coefficient (Wildman–Crippen LogP) is 8.33. The van der Waals surface area contributed by atoms with Gasteiger partial charge in [-0.25, -0.2) is 0 Å². The van der Waals surface area contributed by atoms with Crippen molar-refractivity contribution in [1.82, 2.24) is 0 Å². The number of hydrogen-bond donors (Lipinski definition) is 1. The number of rotatable bonds is 3. The highest BCUT2D eigenvalue weighted by atomic mass is 16.3. The van der Waals surface area contributed by atoms with Crippen LogP contribution in [0.1, 0.15) is 56.9 Å². The van der Waals surface area contributed by atoms with Gasteiger partial charge >= 0.3 is 0 Å². The molecule has 1 N–H and O–H groups in total. The largest absolute Gasteiger partial charge is 0.508 e. The average molecular weight is 387 g/mol. The molecule has 0 amide bonds. The maximum atomic E-state index is 9.40. The molecule has 0 aromatic heterocycles. The molecule has 0 heterocycles. The van der Waals surface area contributed by atoms with Crippen molar-refractivity contribution in [3.8, 4) is 5.75 Å². The molecule has 0 aliphatic heterocycles. The van der Waals surface area contributed by atoms with Gasteiger partial charge in [-0.15, -0.1) is 0 Å². The number of allylic oxidation sites excluding steroid dienone is 4. The molecule has 0 bridgehead atoms. The van der Waals surface area contributed by atoms with Crippen LogP contribution in [-0.2, 0) is 0 Å². The van der Waals surface area contributed by atoms with Crippen molar-refractivity contribution >= 4 is 21.9 Å². The van der Waals surface area contributed by atoms with Crippen molar-refractivity contribution in [3.05, 3.63) is 89.0 Å². The summed E-state index contributed by atoms with van der Waals surface area (Å²) in [6.07, 6.45) is 4.30. The highest BCUT2D eigenvalue weighted by molar-refractivity contribution is 5.91. The van der Waals surface area contributed by atoms with Gasteiger partial charge in [-0.2, -0.15) is 0 Å². The Bertz CT molecular complexity index is 1020. The van der Waals surface area contributed by atoms with Crippen LogP contribution in [0.5, 0.6) is 5.75 Å². The summed E-state index contributed by atoms with van der Waals surface area (Å²) in [5, 5.41) is 12.1. The van der Waals surface area contributed by atoms with Gasteiger partial charge in [-0.05, 0) is 96.0 Å². The average Bonchev–Trinajstić information content (AvgIpc) is 2.68. The van der Waals surface area contributed by atoms with Crippen LogP contribution in [0.2, 0.25) is 0 Å². The summed E-state index contributed by atoms with van der Waals surface area (Å²) in [6, 6.07) is 18.4. The minimum absolute atomic E-state index is 0.296. The van der Waals surface area contributed by atoms with E-state index in [1.54, 1.807) is 12.1 Å². The lowest BCUT2D eigenvalue weighted by Gasteiger charge is -2.09. The Labute approximate surface area is 176 Å². The predicted molar refractivity (Wildman–Crippen MR) is 129 cm³/mol. The Morgan fingerprint density at radius 1 is 0.690 bits per heavy atom. The smallest absolute Gasteiger partial charge is 0.115 e. The number of phenols is 1. The summed E-state index contributed by atoms with van der Waals surface area (Å²) in [7, 11) is 0. The molecule has 0 saturated carbocycles. The topological polar surface area (TPSA) is 20.2 Å². The highest BCUT2D eigenvalue weighted by Gasteiger charge is 2.03. The number of phenolic OH excluding ortho intramolecular Hbond substituents is 1. The molecule has 1 nitrogen and oxygen atoms in total. The number of benzene rings is 3. The second kappa shape index (κ2) is 10.1. The van der Waals surface area contributed by atoms with Gasteiger partial charge < -0.3 is 5.11 Å². The van der Waals surface area contributed by atoms with Crippen molar-refractivity contribution in [2.75, 3.05) is 0 Å². The van der Waals surface area contributed by atoms with Gasteiger partial charge in [0.25, 0.3) is 0 Å². The van der Waals surface area contributed by atoms with Crippen LogP contribution in [0.15, 0.2) is 66.7 Å². The minimum Gasteiger partial charge on any atom is -0.508 e. The highest BCUT2D eigenvalue weighted by Crippen LogP contribution is 2.26. The Kier molecular flexibility index (Phi) is 7.84. The van der Waals surface area contributed by atoms with E-state index in [1.807, 2.05) is 12.1 Å². The molecule has 29 heavy (non-hydrogen) atoms. The molecular formula is C28H34O. The summed E-state index contributed by atoms with van der Waals surface area (Å²) in [5.74, 6) is 1.13. The maximum absolute atomic E-state index is 9.40. The van der Waals surface area contributed by atoms with Crippen molar-refractivity contribution in [3.63, 3.8) is 0 Å². The van der Waals surface area contributed by atoms with Gasteiger partial charge in [-0.1, -0.05) is 69.3 Å². The fraction of sp³-hybridized carbons (Fsp3) is 0.286. The third-order valence-electron chi connectivity index (χ3n) is 4.81. The van der Waals surface area contributed by atoms with E-state index in [-0.39, 0.29) is 0 Å². The van der Waals surface area contributed by atoms with Crippen LogP contribution in [0.3, 0.4) is 0 Å². The number of fused-ring (bicyclic) bond motifs is 1. The van der Waals surface area contributed by atoms with Crippen LogP contribution in [0, 0.1) is 19.8 Å². The number of aryl methyl sites for hydroxylation is 2. The summed E-state index contributed by atoms with van der Waals surface area (Å²) in [4.78, 5) is 0. The Morgan fingerprint density at radius 2 is 1.14 bits per heavy atom. The normalized spacial score (nSPS) is 12.1. The summed E-state index contributed by atoms with van der Waals surface area (Å²) >= 11 is 0. The molecule has 0 radical (unpaired) electrons. The second-order valence-electron chi connectivity index (χ2n) is 8.44. The third-order valence-corrected chi connectivity index (χ3v) is 4.81. The Hall–Kier alpha value is -2.80. The first-order valence-corrected chi connectivity index (χ1v) is 10.3. The fourth-order valence-electron chi connectivity index (χ4n) is 3.06. The van der Waals surface area contributed by atoms with Gasteiger partial charge in [0.15, 0.2) is 0 Å².